The first-order chi connectivity index (χ1) is 9.93. The van der Waals surface area contributed by atoms with Gasteiger partial charge in [0.25, 0.3) is 5.91 Å². The average Bonchev–Trinajstić information content (AvgIpc) is 2.87. The van der Waals surface area contributed by atoms with Crippen molar-refractivity contribution in [2.45, 2.75) is 32.9 Å². The largest absolute Gasteiger partial charge is 0.493 e. The van der Waals surface area contributed by atoms with Gasteiger partial charge in [-0.1, -0.05) is 12.1 Å². The summed E-state index contributed by atoms with van der Waals surface area (Å²) in [4.78, 5) is 14.2. The molecule has 1 atom stereocenters. The molecule has 0 saturated carbocycles. The second-order valence-electron chi connectivity index (χ2n) is 5.39. The van der Waals surface area contributed by atoms with E-state index in [9.17, 15) is 9.90 Å². The molecule has 2 aromatic rings. The zero-order chi connectivity index (χ0) is 15.6. The minimum Gasteiger partial charge on any atom is -0.493 e. The molecule has 0 aliphatic carbocycles. The number of furan rings is 1. The molecule has 0 fully saturated rings. The number of ether oxygens (including phenoxy) is 1. The van der Waals surface area contributed by atoms with Crippen LogP contribution < -0.4 is 4.74 Å². The average molecular weight is 291 g/mol. The third-order valence-electron chi connectivity index (χ3n) is 3.28. The molecule has 1 N–H and O–H groups in total. The predicted octanol–water partition coefficient (Wildman–Crippen LogP) is 2.67. The van der Waals surface area contributed by atoms with Gasteiger partial charge >= 0.3 is 0 Å². The molecule has 0 radical (unpaired) electrons. The molecular weight excluding hydrogens is 270 g/mol. The SMILES string of the molecule is COc1cccc2cc(C(=O)N(CC(C)O)C(C)C)oc12. The number of aliphatic hydroxyl groups is 1. The summed E-state index contributed by atoms with van der Waals surface area (Å²) in [6.45, 7) is 5.74. The van der Waals surface area contributed by atoms with Gasteiger partial charge in [0, 0.05) is 18.0 Å². The van der Waals surface area contributed by atoms with E-state index in [1.165, 1.54) is 0 Å². The molecule has 2 rings (SSSR count). The minimum absolute atomic E-state index is 0.0257. The Bertz CT molecular complexity index is 630. The van der Waals surface area contributed by atoms with Gasteiger partial charge in [-0.3, -0.25) is 4.79 Å². The molecule has 1 aromatic heterocycles. The summed E-state index contributed by atoms with van der Waals surface area (Å²) < 4.78 is 10.9. The number of nitrogens with zero attached hydrogens (tertiary/aromatic N) is 1. The van der Waals surface area contributed by atoms with E-state index in [0.29, 0.717) is 11.3 Å². The van der Waals surface area contributed by atoms with Crippen LogP contribution in [0.15, 0.2) is 28.7 Å². The van der Waals surface area contributed by atoms with E-state index in [1.807, 2.05) is 26.0 Å². The lowest BCUT2D eigenvalue weighted by Gasteiger charge is -2.26. The molecule has 0 aliphatic rings. The molecule has 21 heavy (non-hydrogen) atoms. The van der Waals surface area contributed by atoms with Crippen molar-refractivity contribution in [1.29, 1.82) is 0 Å². The summed E-state index contributed by atoms with van der Waals surface area (Å²) >= 11 is 0. The molecule has 5 heteroatoms. The molecule has 5 nitrogen and oxygen atoms in total. The van der Waals surface area contributed by atoms with E-state index in [-0.39, 0.29) is 24.3 Å². The van der Waals surface area contributed by atoms with Crippen LogP contribution in [0.5, 0.6) is 5.75 Å². The van der Waals surface area contributed by atoms with Crippen LogP contribution >= 0.6 is 0 Å². The van der Waals surface area contributed by atoms with E-state index in [2.05, 4.69) is 0 Å². The van der Waals surface area contributed by atoms with Gasteiger partial charge in [0.2, 0.25) is 0 Å². The fraction of sp³-hybridized carbons (Fsp3) is 0.438. The monoisotopic (exact) mass is 291 g/mol. The summed E-state index contributed by atoms with van der Waals surface area (Å²) in [5.74, 6) is 0.617. The van der Waals surface area contributed by atoms with Gasteiger partial charge in [-0.15, -0.1) is 0 Å². The number of hydrogen-bond acceptors (Lipinski definition) is 4. The first-order valence-electron chi connectivity index (χ1n) is 6.99. The van der Waals surface area contributed by atoms with Crippen LogP contribution in [0.2, 0.25) is 0 Å². The van der Waals surface area contributed by atoms with Crippen molar-refractivity contribution in [3.05, 3.63) is 30.0 Å². The second kappa shape index (κ2) is 6.18. The fourth-order valence-corrected chi connectivity index (χ4v) is 2.26. The summed E-state index contributed by atoms with van der Waals surface area (Å²) in [5.41, 5.74) is 0.559. The maximum absolute atomic E-state index is 12.6. The standard InChI is InChI=1S/C16H21NO4/c1-10(2)17(9-11(3)18)16(19)14-8-12-6-5-7-13(20-4)15(12)21-14/h5-8,10-11,18H,9H2,1-4H3. The number of hydrogen-bond donors (Lipinski definition) is 1. The zero-order valence-corrected chi connectivity index (χ0v) is 12.8. The number of aliphatic hydroxyl groups excluding tert-OH is 1. The summed E-state index contributed by atoms with van der Waals surface area (Å²) in [6.07, 6.45) is -0.588. The quantitative estimate of drug-likeness (QED) is 0.920. The highest BCUT2D eigenvalue weighted by Gasteiger charge is 2.24. The van der Waals surface area contributed by atoms with Crippen molar-refractivity contribution in [2.75, 3.05) is 13.7 Å². The highest BCUT2D eigenvalue weighted by atomic mass is 16.5. The normalized spacial score (nSPS) is 12.7. The molecule has 0 aliphatic heterocycles. The highest BCUT2D eigenvalue weighted by molar-refractivity contribution is 5.97. The molecule has 0 saturated heterocycles. The Hall–Kier alpha value is -2.01. The molecule has 0 spiro atoms. The van der Waals surface area contributed by atoms with Crippen molar-refractivity contribution in [1.82, 2.24) is 4.90 Å². The van der Waals surface area contributed by atoms with E-state index in [1.54, 1.807) is 31.1 Å². The topological polar surface area (TPSA) is 62.9 Å². The smallest absolute Gasteiger partial charge is 0.289 e. The lowest BCUT2D eigenvalue weighted by Crippen LogP contribution is -2.41. The highest BCUT2D eigenvalue weighted by Crippen LogP contribution is 2.29. The van der Waals surface area contributed by atoms with Crippen LogP contribution in [0.1, 0.15) is 31.3 Å². The zero-order valence-electron chi connectivity index (χ0n) is 12.8. The number of fused-ring (bicyclic) bond motifs is 1. The first-order valence-corrected chi connectivity index (χ1v) is 6.99. The van der Waals surface area contributed by atoms with E-state index < -0.39 is 6.10 Å². The van der Waals surface area contributed by atoms with Crippen LogP contribution in [-0.2, 0) is 0 Å². The molecule has 1 heterocycles. The van der Waals surface area contributed by atoms with Gasteiger partial charge in [0.05, 0.1) is 13.2 Å². The molecule has 1 unspecified atom stereocenters. The third-order valence-corrected chi connectivity index (χ3v) is 3.28. The van der Waals surface area contributed by atoms with Crippen molar-refractivity contribution < 1.29 is 19.1 Å². The number of amides is 1. The van der Waals surface area contributed by atoms with Crippen molar-refractivity contribution in [3.63, 3.8) is 0 Å². The number of para-hydroxylation sites is 1. The summed E-state index contributed by atoms with van der Waals surface area (Å²) in [5, 5.41) is 10.4. The Morgan fingerprint density at radius 3 is 2.67 bits per heavy atom. The maximum Gasteiger partial charge on any atom is 0.289 e. The first kappa shape index (κ1) is 15.4. The lowest BCUT2D eigenvalue weighted by molar-refractivity contribution is 0.0551. The maximum atomic E-state index is 12.6. The third kappa shape index (κ3) is 3.19. The van der Waals surface area contributed by atoms with Crippen LogP contribution in [0.25, 0.3) is 11.0 Å². The summed E-state index contributed by atoms with van der Waals surface area (Å²) in [6, 6.07) is 7.18. The van der Waals surface area contributed by atoms with E-state index in [0.717, 1.165) is 5.39 Å². The minimum atomic E-state index is -0.588. The Morgan fingerprint density at radius 1 is 1.38 bits per heavy atom. The molecule has 0 bridgehead atoms. The van der Waals surface area contributed by atoms with E-state index in [4.69, 9.17) is 9.15 Å². The lowest BCUT2D eigenvalue weighted by atomic mass is 10.2. The fourth-order valence-electron chi connectivity index (χ4n) is 2.26. The van der Waals surface area contributed by atoms with Gasteiger partial charge < -0.3 is 19.2 Å². The Kier molecular flexibility index (Phi) is 4.53. The van der Waals surface area contributed by atoms with Gasteiger partial charge in [0.15, 0.2) is 17.1 Å². The van der Waals surface area contributed by atoms with Crippen molar-refractivity contribution in [2.24, 2.45) is 0 Å². The Morgan fingerprint density at radius 2 is 2.10 bits per heavy atom. The molecule has 114 valence electrons. The van der Waals surface area contributed by atoms with Crippen molar-refractivity contribution >= 4 is 16.9 Å². The van der Waals surface area contributed by atoms with Gasteiger partial charge in [-0.05, 0) is 32.9 Å². The number of rotatable bonds is 5. The molecule has 1 amide bonds. The number of methoxy groups -OCH3 is 1. The van der Waals surface area contributed by atoms with Crippen molar-refractivity contribution in [3.8, 4) is 5.75 Å². The molecule has 1 aromatic carbocycles. The number of benzene rings is 1. The van der Waals surface area contributed by atoms with Gasteiger partial charge in [0.1, 0.15) is 0 Å². The Balaban J connectivity index is 2.38. The van der Waals surface area contributed by atoms with Crippen LogP contribution in [0.3, 0.4) is 0 Å². The summed E-state index contributed by atoms with van der Waals surface area (Å²) in [7, 11) is 1.56. The van der Waals surface area contributed by atoms with Crippen LogP contribution in [0, 0.1) is 0 Å². The molecular formula is C16H21NO4. The number of carbonyl (C=O) groups excluding carboxylic acids is 1. The van der Waals surface area contributed by atoms with Crippen LogP contribution in [0.4, 0.5) is 0 Å². The number of carbonyl (C=O) groups is 1. The predicted molar refractivity (Wildman–Crippen MR) is 80.6 cm³/mol. The Labute approximate surface area is 124 Å². The van der Waals surface area contributed by atoms with E-state index >= 15 is 0 Å². The van der Waals surface area contributed by atoms with Crippen LogP contribution in [-0.4, -0.2) is 41.7 Å². The van der Waals surface area contributed by atoms with Gasteiger partial charge in [-0.2, -0.15) is 0 Å². The second-order valence-corrected chi connectivity index (χ2v) is 5.39. The van der Waals surface area contributed by atoms with Gasteiger partial charge in [-0.25, -0.2) is 0 Å².